The molecule has 0 unspecified atom stereocenters. The lowest BCUT2D eigenvalue weighted by atomic mass is 10.1. The number of fused-ring (bicyclic) bond motifs is 1. The Balaban J connectivity index is 1.35. The molecule has 0 radical (unpaired) electrons. The number of amides is 1. The van der Waals surface area contributed by atoms with Crippen LogP contribution in [-0.2, 0) is 27.3 Å². The van der Waals surface area contributed by atoms with Crippen molar-refractivity contribution in [2.75, 3.05) is 18.6 Å². The van der Waals surface area contributed by atoms with Crippen LogP contribution >= 0.6 is 11.6 Å². The fourth-order valence-corrected chi connectivity index (χ4v) is 3.77. The van der Waals surface area contributed by atoms with Crippen molar-refractivity contribution >= 4 is 35.1 Å². The van der Waals surface area contributed by atoms with Gasteiger partial charge in [-0.25, -0.2) is 9.48 Å². The van der Waals surface area contributed by atoms with Gasteiger partial charge < -0.3 is 9.26 Å². The number of carbonyl (C=O) groups is 3. The second-order valence-electron chi connectivity index (χ2n) is 7.41. The maximum Gasteiger partial charge on any atom is 0.358 e. The zero-order valence-corrected chi connectivity index (χ0v) is 18.2. The average molecular weight is 457 g/mol. The fraction of sp³-hybridized carbons (Fsp3) is 0.318. The normalized spacial score (nSPS) is 13.0. The molecule has 3 aromatic rings. The average Bonchev–Trinajstić information content (AvgIpc) is 3.44. The van der Waals surface area contributed by atoms with Crippen molar-refractivity contribution in [1.82, 2.24) is 14.9 Å². The van der Waals surface area contributed by atoms with Gasteiger partial charge in [0.1, 0.15) is 23.1 Å². The van der Waals surface area contributed by atoms with Gasteiger partial charge in [-0.05, 0) is 18.6 Å². The number of methoxy groups -OCH3 is 1. The van der Waals surface area contributed by atoms with Gasteiger partial charge in [0.05, 0.1) is 13.5 Å². The molecule has 0 aliphatic carbocycles. The Hall–Kier alpha value is -3.46. The summed E-state index contributed by atoms with van der Waals surface area (Å²) in [4.78, 5) is 38.5. The van der Waals surface area contributed by atoms with Crippen molar-refractivity contribution in [2.45, 2.75) is 32.2 Å². The van der Waals surface area contributed by atoms with Gasteiger partial charge in [0.15, 0.2) is 5.69 Å². The molecular formula is C22H21ClN4O5. The summed E-state index contributed by atoms with van der Waals surface area (Å²) in [7, 11) is 1.28. The lowest BCUT2D eigenvalue weighted by Crippen LogP contribution is -2.37. The van der Waals surface area contributed by atoms with E-state index in [4.69, 9.17) is 20.9 Å². The van der Waals surface area contributed by atoms with Gasteiger partial charge in [-0.1, -0.05) is 28.9 Å². The molecule has 0 saturated carbocycles. The Morgan fingerprint density at radius 1 is 1.16 bits per heavy atom. The number of nitrogens with zero attached hydrogens (tertiary/aromatic N) is 4. The number of aromatic nitrogens is 3. The van der Waals surface area contributed by atoms with Crippen molar-refractivity contribution < 1.29 is 23.6 Å². The number of ether oxygens (including phenoxy) is 1. The number of Topliss-reactive ketones (excluding diaryl/α,β-unsaturated/α-hetero) is 1. The van der Waals surface area contributed by atoms with Crippen LogP contribution in [0.4, 0.5) is 5.82 Å². The summed E-state index contributed by atoms with van der Waals surface area (Å²) in [6, 6.07) is 10.4. The largest absolute Gasteiger partial charge is 0.464 e. The number of halogens is 1. The van der Waals surface area contributed by atoms with Crippen LogP contribution in [0.3, 0.4) is 0 Å². The lowest BCUT2D eigenvalue weighted by molar-refractivity contribution is -0.124. The molecule has 2 aromatic heterocycles. The Labute approximate surface area is 188 Å². The van der Waals surface area contributed by atoms with Crippen LogP contribution in [-0.4, -0.2) is 46.3 Å². The molecule has 0 spiro atoms. The summed E-state index contributed by atoms with van der Waals surface area (Å²) in [6.45, 7) is 1.11. The Morgan fingerprint density at radius 3 is 2.78 bits per heavy atom. The molecule has 1 amide bonds. The van der Waals surface area contributed by atoms with E-state index in [9.17, 15) is 14.4 Å². The number of hydrogen-bond acceptors (Lipinski definition) is 7. The van der Waals surface area contributed by atoms with E-state index < -0.39 is 5.97 Å². The summed E-state index contributed by atoms with van der Waals surface area (Å²) >= 11 is 6.00. The van der Waals surface area contributed by atoms with Crippen LogP contribution in [0.2, 0.25) is 5.02 Å². The minimum atomic E-state index is -0.557. The number of ketones is 1. The van der Waals surface area contributed by atoms with Crippen molar-refractivity contribution in [3.63, 3.8) is 0 Å². The van der Waals surface area contributed by atoms with Crippen LogP contribution in [0.25, 0.3) is 11.3 Å². The lowest BCUT2D eigenvalue weighted by Gasteiger charge is -2.27. The standard InChI is InChI=1S/C22H21ClN4O5/c1-31-22(30)19-13-20-26(8-3-9-27(20)24-19)21(29)7-6-16(28)11-17-12-18(25-32-17)14-4-2-5-15(23)10-14/h2,4-5,10,12-13H,3,6-9,11H2,1H3. The summed E-state index contributed by atoms with van der Waals surface area (Å²) in [6.07, 6.45) is 0.873. The first-order valence-corrected chi connectivity index (χ1v) is 10.5. The summed E-state index contributed by atoms with van der Waals surface area (Å²) in [5.74, 6) is 0.0751. The SMILES string of the molecule is COC(=O)c1cc2n(n1)CCCN2C(=O)CCC(=O)Cc1cc(-c2cccc(Cl)c2)no1. The first-order chi connectivity index (χ1) is 15.4. The van der Waals surface area contributed by atoms with Gasteiger partial charge in [-0.3, -0.25) is 14.5 Å². The third-order valence-corrected chi connectivity index (χ3v) is 5.39. The molecule has 3 heterocycles. The molecule has 0 saturated heterocycles. The van der Waals surface area contributed by atoms with Gasteiger partial charge in [0.25, 0.3) is 0 Å². The van der Waals surface area contributed by atoms with Crippen LogP contribution in [0.5, 0.6) is 0 Å². The summed E-state index contributed by atoms with van der Waals surface area (Å²) in [5, 5.41) is 8.76. The molecule has 1 aliphatic heterocycles. The highest BCUT2D eigenvalue weighted by atomic mass is 35.5. The van der Waals surface area contributed by atoms with E-state index in [0.717, 1.165) is 5.56 Å². The molecule has 10 heteroatoms. The molecule has 4 rings (SSSR count). The zero-order chi connectivity index (χ0) is 22.7. The zero-order valence-electron chi connectivity index (χ0n) is 17.4. The highest BCUT2D eigenvalue weighted by Crippen LogP contribution is 2.24. The molecule has 0 bridgehead atoms. The number of aryl methyl sites for hydroxylation is 1. The molecule has 166 valence electrons. The Morgan fingerprint density at radius 2 is 2.00 bits per heavy atom. The maximum atomic E-state index is 12.8. The number of anilines is 1. The maximum absolute atomic E-state index is 12.8. The topological polar surface area (TPSA) is 108 Å². The van der Waals surface area contributed by atoms with Gasteiger partial charge >= 0.3 is 5.97 Å². The van der Waals surface area contributed by atoms with Crippen LogP contribution in [0.1, 0.15) is 35.5 Å². The molecule has 32 heavy (non-hydrogen) atoms. The third-order valence-electron chi connectivity index (χ3n) is 5.15. The third kappa shape index (κ3) is 4.72. The van der Waals surface area contributed by atoms with E-state index in [1.807, 2.05) is 12.1 Å². The predicted molar refractivity (Wildman–Crippen MR) is 115 cm³/mol. The van der Waals surface area contributed by atoms with E-state index in [-0.39, 0.29) is 36.6 Å². The number of carbonyl (C=O) groups excluding carboxylic acids is 3. The van der Waals surface area contributed by atoms with Crippen molar-refractivity contribution in [2.24, 2.45) is 0 Å². The molecular weight excluding hydrogens is 436 g/mol. The first-order valence-electron chi connectivity index (χ1n) is 10.1. The minimum absolute atomic E-state index is 0.0469. The highest BCUT2D eigenvalue weighted by molar-refractivity contribution is 6.30. The quantitative estimate of drug-likeness (QED) is 0.502. The Bertz CT molecular complexity index is 1170. The smallest absolute Gasteiger partial charge is 0.358 e. The number of hydrogen-bond donors (Lipinski definition) is 0. The van der Waals surface area contributed by atoms with Crippen LogP contribution < -0.4 is 4.90 Å². The second-order valence-corrected chi connectivity index (χ2v) is 7.84. The molecule has 0 atom stereocenters. The monoisotopic (exact) mass is 456 g/mol. The fourth-order valence-electron chi connectivity index (χ4n) is 3.58. The summed E-state index contributed by atoms with van der Waals surface area (Å²) in [5.41, 5.74) is 1.54. The minimum Gasteiger partial charge on any atom is -0.464 e. The van der Waals surface area contributed by atoms with E-state index in [2.05, 4.69) is 10.3 Å². The van der Waals surface area contributed by atoms with Gasteiger partial charge in [0, 0.05) is 48.6 Å². The van der Waals surface area contributed by atoms with Crippen LogP contribution in [0.15, 0.2) is 40.9 Å². The number of benzene rings is 1. The van der Waals surface area contributed by atoms with Crippen molar-refractivity contribution in [3.8, 4) is 11.3 Å². The van der Waals surface area contributed by atoms with E-state index in [1.165, 1.54) is 13.2 Å². The highest BCUT2D eigenvalue weighted by Gasteiger charge is 2.27. The van der Waals surface area contributed by atoms with E-state index in [1.54, 1.807) is 27.8 Å². The summed E-state index contributed by atoms with van der Waals surface area (Å²) < 4.78 is 11.6. The second kappa shape index (κ2) is 9.35. The van der Waals surface area contributed by atoms with E-state index in [0.29, 0.717) is 41.8 Å². The van der Waals surface area contributed by atoms with Crippen molar-refractivity contribution in [1.29, 1.82) is 0 Å². The van der Waals surface area contributed by atoms with Crippen molar-refractivity contribution in [3.05, 3.63) is 52.9 Å². The molecule has 1 aromatic carbocycles. The van der Waals surface area contributed by atoms with Gasteiger partial charge in [-0.15, -0.1) is 0 Å². The molecule has 0 fully saturated rings. The first kappa shape index (κ1) is 21.8. The van der Waals surface area contributed by atoms with E-state index >= 15 is 0 Å². The van der Waals surface area contributed by atoms with Gasteiger partial charge in [-0.2, -0.15) is 5.10 Å². The molecule has 9 nitrogen and oxygen atoms in total. The van der Waals surface area contributed by atoms with Crippen LogP contribution in [0, 0.1) is 0 Å². The molecule has 0 N–H and O–H groups in total. The van der Waals surface area contributed by atoms with Gasteiger partial charge in [0.2, 0.25) is 5.91 Å². The Kier molecular flexibility index (Phi) is 6.36. The number of esters is 1. The number of rotatable bonds is 7. The predicted octanol–water partition coefficient (Wildman–Crippen LogP) is 3.31. The molecule has 1 aliphatic rings.